The summed E-state index contributed by atoms with van der Waals surface area (Å²) in [4.78, 5) is 0. The van der Waals surface area contributed by atoms with Crippen LogP contribution in [-0.4, -0.2) is 50.0 Å². The smallest absolute Gasteiger partial charge is 0.174 e. The summed E-state index contributed by atoms with van der Waals surface area (Å²) in [6, 6.07) is 32.9. The Morgan fingerprint density at radius 1 is 0.397 bits per heavy atom. The second-order valence-corrected chi connectivity index (χ2v) is 13.1. The van der Waals surface area contributed by atoms with Gasteiger partial charge < -0.3 is 37.5 Å². The Morgan fingerprint density at radius 3 is 1.07 bits per heavy atom. The van der Waals surface area contributed by atoms with Crippen LogP contribution in [0.3, 0.4) is 0 Å². The van der Waals surface area contributed by atoms with Crippen LogP contribution < -0.4 is 9.47 Å². The zero-order chi connectivity index (χ0) is 37.5. The zero-order valence-electron chi connectivity index (χ0n) is 31.5. The number of benzene rings is 4. The molecule has 58 heavy (non-hydrogen) atoms. The summed E-state index contributed by atoms with van der Waals surface area (Å²) < 4.78 is 45.7. The Bertz CT molecular complexity index is 1850. The van der Waals surface area contributed by atoms with Crippen LogP contribution in [0.5, 0.6) is 11.5 Å². The second-order valence-electron chi connectivity index (χ2n) is 13.1. The molecule has 0 amide bonds. The highest BCUT2D eigenvalue weighted by Crippen LogP contribution is 2.32. The summed E-state index contributed by atoms with van der Waals surface area (Å²) in [5, 5.41) is 8.20. The van der Waals surface area contributed by atoms with Crippen molar-refractivity contribution in [2.75, 3.05) is 39.6 Å². The van der Waals surface area contributed by atoms with Crippen LogP contribution in [-0.2, 0) is 45.4 Å². The molecule has 0 aliphatic rings. The Morgan fingerprint density at radius 2 is 0.724 bits per heavy atom. The summed E-state index contributed by atoms with van der Waals surface area (Å²) in [7, 11) is 0. The maximum atomic E-state index is 6.10. The van der Waals surface area contributed by atoms with E-state index < -0.39 is 0 Å². The van der Waals surface area contributed by atoms with E-state index in [0.29, 0.717) is 75.8 Å². The summed E-state index contributed by atoms with van der Waals surface area (Å²) in [6.07, 6.45) is 0. The van der Waals surface area contributed by atoms with Gasteiger partial charge in [-0.2, -0.15) is 0 Å². The van der Waals surface area contributed by atoms with E-state index in [-0.39, 0.29) is 42.9 Å². The third kappa shape index (κ3) is 14.3. The maximum Gasteiger partial charge on any atom is 0.174 e. The normalized spacial score (nSPS) is 10.5. The van der Waals surface area contributed by atoms with Crippen LogP contribution in [0, 0.1) is 27.7 Å². The highest BCUT2D eigenvalue weighted by molar-refractivity contribution is 5.68. The molecule has 0 aliphatic heterocycles. The van der Waals surface area contributed by atoms with Gasteiger partial charge in [0.2, 0.25) is 0 Å². The lowest BCUT2D eigenvalue weighted by Gasteiger charge is -2.13. The molecule has 2 heterocycles. The second kappa shape index (κ2) is 25.2. The molecule has 10 heteroatoms. The number of nitrogens with zero attached hydrogens (tertiary/aromatic N) is 2. The standard InChI is InChI=1S/C44H48N2O8.4CH4/c1-31-21-37(35-11-7-5-8-12-35)22-32(2)43(31)51-29-41-25-39(45-53-41)27-49-19-17-47-15-16-48-18-20-50-28-40-26-42(54-46-40)30-52-44-33(3)23-38(24-34(44)4)36-13-9-6-10-14-36;;;;/h5-14,21-26H,15-20,27-30H2,1-4H3;4*1H4. The largest absolute Gasteiger partial charge is 0.485 e. The summed E-state index contributed by atoms with van der Waals surface area (Å²) in [5.74, 6) is 2.98. The van der Waals surface area contributed by atoms with Gasteiger partial charge in [0.25, 0.3) is 0 Å². The van der Waals surface area contributed by atoms with Crippen molar-refractivity contribution in [1.29, 1.82) is 0 Å². The highest BCUT2D eigenvalue weighted by atomic mass is 16.6. The highest BCUT2D eigenvalue weighted by Gasteiger charge is 2.13. The predicted molar refractivity (Wildman–Crippen MR) is 232 cm³/mol. The molecular weight excluding hydrogens is 733 g/mol. The number of rotatable bonds is 21. The van der Waals surface area contributed by atoms with Crippen LogP contribution in [0.25, 0.3) is 22.3 Å². The SMILES string of the molecule is C.C.C.C.Cc1cc(-c2ccccc2)cc(C)c1OCc1cc(COCCOCCOCCOCc2cc(COc3c(C)cc(-c4ccccc4)cc3C)on2)no1. The van der Waals surface area contributed by atoms with Gasteiger partial charge in [-0.15, -0.1) is 0 Å². The Hall–Kier alpha value is -5.26. The van der Waals surface area contributed by atoms with Gasteiger partial charge in [-0.1, -0.05) is 101 Å². The molecule has 6 aromatic rings. The molecule has 0 aliphatic carbocycles. The summed E-state index contributed by atoms with van der Waals surface area (Å²) in [5.41, 5.74) is 10.4. The number of hydrogen-bond donors (Lipinski definition) is 0. The Kier molecular flexibility index (Phi) is 21.2. The van der Waals surface area contributed by atoms with Gasteiger partial charge in [-0.3, -0.25) is 0 Å². The number of hydrogen-bond acceptors (Lipinski definition) is 10. The number of aryl methyl sites for hydroxylation is 4. The van der Waals surface area contributed by atoms with E-state index in [9.17, 15) is 0 Å². The molecule has 10 nitrogen and oxygen atoms in total. The third-order valence-corrected chi connectivity index (χ3v) is 8.68. The monoisotopic (exact) mass is 796 g/mol. The molecule has 314 valence electrons. The number of ether oxygens (including phenoxy) is 6. The quantitative estimate of drug-likeness (QED) is 0.0653. The van der Waals surface area contributed by atoms with Gasteiger partial charge in [-0.25, -0.2) is 0 Å². The Labute approximate surface area is 346 Å². The van der Waals surface area contributed by atoms with E-state index in [1.807, 2.05) is 48.5 Å². The minimum Gasteiger partial charge on any atom is -0.485 e. The average Bonchev–Trinajstić information content (AvgIpc) is 3.84. The Balaban J connectivity index is 0.00000290. The lowest BCUT2D eigenvalue weighted by molar-refractivity contribution is -0.00717. The van der Waals surface area contributed by atoms with Gasteiger partial charge in [0, 0.05) is 12.1 Å². The molecule has 0 saturated heterocycles. The maximum absolute atomic E-state index is 6.10. The topological polar surface area (TPSA) is 107 Å². The molecule has 0 bridgehead atoms. The third-order valence-electron chi connectivity index (χ3n) is 8.68. The van der Waals surface area contributed by atoms with Crippen LogP contribution in [0.15, 0.2) is 106 Å². The van der Waals surface area contributed by atoms with Crippen molar-refractivity contribution >= 4 is 0 Å². The first kappa shape index (κ1) is 48.9. The van der Waals surface area contributed by atoms with Crippen molar-refractivity contribution in [2.24, 2.45) is 0 Å². The van der Waals surface area contributed by atoms with E-state index >= 15 is 0 Å². The molecule has 0 unspecified atom stereocenters. The van der Waals surface area contributed by atoms with Crippen molar-refractivity contribution in [3.8, 4) is 33.8 Å². The zero-order valence-corrected chi connectivity index (χ0v) is 31.5. The molecule has 0 atom stereocenters. The van der Waals surface area contributed by atoms with Gasteiger partial charge >= 0.3 is 0 Å². The van der Waals surface area contributed by atoms with E-state index in [0.717, 1.165) is 33.8 Å². The minimum atomic E-state index is 0. The lowest BCUT2D eigenvalue weighted by atomic mass is 10.00. The van der Waals surface area contributed by atoms with E-state index in [2.05, 4.69) is 86.5 Å². The molecule has 0 radical (unpaired) electrons. The summed E-state index contributed by atoms with van der Waals surface area (Å²) in [6.45, 7) is 12.1. The molecule has 0 saturated carbocycles. The first-order chi connectivity index (χ1) is 26.4. The fourth-order valence-corrected chi connectivity index (χ4v) is 6.13. The average molecular weight is 797 g/mol. The molecule has 0 spiro atoms. The fraction of sp³-hybridized carbons (Fsp3) is 0.375. The number of aromatic nitrogens is 2. The molecular formula is C48H64N2O8. The molecule has 0 N–H and O–H groups in total. The summed E-state index contributed by atoms with van der Waals surface area (Å²) >= 11 is 0. The molecule has 0 fully saturated rings. The van der Waals surface area contributed by atoms with Crippen molar-refractivity contribution in [1.82, 2.24) is 10.3 Å². The van der Waals surface area contributed by atoms with Gasteiger partial charge in [0.15, 0.2) is 11.5 Å². The van der Waals surface area contributed by atoms with E-state index in [4.69, 9.17) is 37.5 Å². The van der Waals surface area contributed by atoms with Gasteiger partial charge in [-0.05, 0) is 96.5 Å². The minimum absolute atomic E-state index is 0. The van der Waals surface area contributed by atoms with Crippen molar-refractivity contribution < 1.29 is 37.5 Å². The van der Waals surface area contributed by atoms with Crippen LogP contribution in [0.2, 0.25) is 0 Å². The van der Waals surface area contributed by atoms with Crippen LogP contribution >= 0.6 is 0 Å². The van der Waals surface area contributed by atoms with Crippen molar-refractivity contribution in [3.05, 3.63) is 142 Å². The molecule has 2 aromatic heterocycles. The van der Waals surface area contributed by atoms with E-state index in [1.54, 1.807) is 0 Å². The predicted octanol–water partition coefficient (Wildman–Crippen LogP) is 11.7. The first-order valence-electron chi connectivity index (χ1n) is 18.2. The molecule has 4 aromatic carbocycles. The fourth-order valence-electron chi connectivity index (χ4n) is 6.13. The molecule has 6 rings (SSSR count). The van der Waals surface area contributed by atoms with Gasteiger partial charge in [0.1, 0.15) is 36.1 Å². The first-order valence-corrected chi connectivity index (χ1v) is 18.2. The van der Waals surface area contributed by atoms with Crippen LogP contribution in [0.4, 0.5) is 0 Å². The van der Waals surface area contributed by atoms with Gasteiger partial charge in [0.05, 0.1) is 52.9 Å². The lowest BCUT2D eigenvalue weighted by Crippen LogP contribution is -2.12. The van der Waals surface area contributed by atoms with E-state index in [1.165, 1.54) is 22.3 Å². The van der Waals surface area contributed by atoms with Crippen molar-refractivity contribution in [2.45, 2.75) is 83.8 Å². The van der Waals surface area contributed by atoms with Crippen molar-refractivity contribution in [3.63, 3.8) is 0 Å². The van der Waals surface area contributed by atoms with Crippen LogP contribution in [0.1, 0.15) is 74.9 Å².